The van der Waals surface area contributed by atoms with Crippen LogP contribution < -0.4 is 5.73 Å². The second kappa shape index (κ2) is 3.55. The van der Waals surface area contributed by atoms with Gasteiger partial charge in [-0.3, -0.25) is 0 Å². The van der Waals surface area contributed by atoms with E-state index in [0.717, 1.165) is 0 Å². The molecule has 0 saturated heterocycles. The van der Waals surface area contributed by atoms with E-state index in [-0.39, 0.29) is 4.90 Å². The van der Waals surface area contributed by atoms with Crippen LogP contribution in [0.5, 0.6) is 0 Å². The third-order valence-electron chi connectivity index (χ3n) is 1.64. The monoisotopic (exact) mass is 219 g/mol. The van der Waals surface area contributed by atoms with E-state index in [1.54, 1.807) is 0 Å². The number of nitrogen functional groups attached to an aromatic ring is 1. The standard InChI is InChI=1S/C8H10ClNO2S/c1-6(9)13(11,12)8-4-2-7(10)3-5-8/h2-6H,10H2,1H3. The molecule has 0 aliphatic heterocycles. The smallest absolute Gasteiger partial charge is 0.194 e. The largest absolute Gasteiger partial charge is 0.399 e. The second-order valence-corrected chi connectivity index (χ2v) is 5.84. The number of hydrogen-bond acceptors (Lipinski definition) is 3. The number of benzene rings is 1. The van der Waals surface area contributed by atoms with Gasteiger partial charge in [-0.2, -0.15) is 0 Å². The first-order valence-electron chi connectivity index (χ1n) is 3.68. The number of alkyl halides is 1. The van der Waals surface area contributed by atoms with Gasteiger partial charge in [0.15, 0.2) is 9.84 Å². The van der Waals surface area contributed by atoms with Crippen LogP contribution in [0.1, 0.15) is 6.92 Å². The van der Waals surface area contributed by atoms with E-state index < -0.39 is 14.5 Å². The van der Waals surface area contributed by atoms with Crippen LogP contribution in [0.15, 0.2) is 29.2 Å². The average Bonchev–Trinajstić information content (AvgIpc) is 2.04. The van der Waals surface area contributed by atoms with Crippen molar-refractivity contribution in [3.05, 3.63) is 24.3 Å². The van der Waals surface area contributed by atoms with Gasteiger partial charge in [-0.15, -0.1) is 11.6 Å². The van der Waals surface area contributed by atoms with Crippen molar-refractivity contribution in [1.82, 2.24) is 0 Å². The fourth-order valence-corrected chi connectivity index (χ4v) is 2.04. The fourth-order valence-electron chi connectivity index (χ4n) is 0.845. The van der Waals surface area contributed by atoms with Crippen molar-refractivity contribution in [3.63, 3.8) is 0 Å². The Bertz CT molecular complexity index is 383. The zero-order valence-corrected chi connectivity index (χ0v) is 8.64. The van der Waals surface area contributed by atoms with Gasteiger partial charge in [0.1, 0.15) is 4.71 Å². The first-order valence-corrected chi connectivity index (χ1v) is 5.66. The lowest BCUT2D eigenvalue weighted by molar-refractivity contribution is 0.594. The van der Waals surface area contributed by atoms with Crippen LogP contribution in [-0.2, 0) is 9.84 Å². The van der Waals surface area contributed by atoms with E-state index in [1.165, 1.54) is 31.2 Å². The summed E-state index contributed by atoms with van der Waals surface area (Å²) in [5.41, 5.74) is 5.95. The number of rotatable bonds is 2. The first kappa shape index (κ1) is 10.3. The minimum Gasteiger partial charge on any atom is -0.399 e. The van der Waals surface area contributed by atoms with Crippen molar-refractivity contribution >= 4 is 27.1 Å². The van der Waals surface area contributed by atoms with Gasteiger partial charge in [-0.25, -0.2) is 8.42 Å². The van der Waals surface area contributed by atoms with Crippen molar-refractivity contribution in [1.29, 1.82) is 0 Å². The first-order chi connectivity index (χ1) is 5.94. The van der Waals surface area contributed by atoms with Crippen molar-refractivity contribution < 1.29 is 8.42 Å². The Hall–Kier alpha value is -0.740. The molecule has 0 fully saturated rings. The van der Waals surface area contributed by atoms with Crippen LogP contribution in [0.3, 0.4) is 0 Å². The highest BCUT2D eigenvalue weighted by Crippen LogP contribution is 2.19. The highest BCUT2D eigenvalue weighted by molar-refractivity contribution is 7.93. The molecule has 0 heterocycles. The highest BCUT2D eigenvalue weighted by Gasteiger charge is 2.20. The summed E-state index contributed by atoms with van der Waals surface area (Å²) in [4.78, 5) is 0.198. The lowest BCUT2D eigenvalue weighted by Gasteiger charge is -2.05. The Morgan fingerprint density at radius 1 is 1.31 bits per heavy atom. The van der Waals surface area contributed by atoms with E-state index in [2.05, 4.69) is 0 Å². The van der Waals surface area contributed by atoms with Gasteiger partial charge in [0.25, 0.3) is 0 Å². The Balaban J connectivity index is 3.17. The Labute approximate surface area is 82.4 Å². The van der Waals surface area contributed by atoms with Crippen LogP contribution in [0.25, 0.3) is 0 Å². The molecule has 1 atom stereocenters. The van der Waals surface area contributed by atoms with Crippen molar-refractivity contribution in [2.45, 2.75) is 16.5 Å². The lowest BCUT2D eigenvalue weighted by Crippen LogP contribution is -2.11. The zero-order chi connectivity index (χ0) is 10.1. The van der Waals surface area contributed by atoms with Gasteiger partial charge in [-0.05, 0) is 31.2 Å². The predicted octanol–water partition coefficient (Wildman–Crippen LogP) is 1.63. The van der Waals surface area contributed by atoms with E-state index in [9.17, 15) is 8.42 Å². The fraction of sp³-hybridized carbons (Fsp3) is 0.250. The molecule has 1 unspecified atom stereocenters. The van der Waals surface area contributed by atoms with Crippen LogP contribution in [-0.4, -0.2) is 13.1 Å². The highest BCUT2D eigenvalue weighted by atomic mass is 35.5. The molecule has 1 rings (SSSR count). The molecule has 0 saturated carbocycles. The van der Waals surface area contributed by atoms with E-state index in [0.29, 0.717) is 5.69 Å². The summed E-state index contributed by atoms with van der Waals surface area (Å²) in [5.74, 6) is 0. The van der Waals surface area contributed by atoms with Crippen molar-refractivity contribution in [2.75, 3.05) is 5.73 Å². The topological polar surface area (TPSA) is 60.2 Å². The quantitative estimate of drug-likeness (QED) is 0.608. The Morgan fingerprint density at radius 3 is 2.15 bits per heavy atom. The summed E-state index contributed by atoms with van der Waals surface area (Å²) in [6, 6.07) is 5.96. The third kappa shape index (κ3) is 2.14. The van der Waals surface area contributed by atoms with Crippen molar-refractivity contribution in [2.24, 2.45) is 0 Å². The Morgan fingerprint density at radius 2 is 1.77 bits per heavy atom. The summed E-state index contributed by atoms with van der Waals surface area (Å²) in [6.07, 6.45) is 0. The number of anilines is 1. The summed E-state index contributed by atoms with van der Waals surface area (Å²) < 4.78 is 22.0. The van der Waals surface area contributed by atoms with Gasteiger partial charge >= 0.3 is 0 Å². The number of halogens is 1. The maximum Gasteiger partial charge on any atom is 0.194 e. The van der Waals surface area contributed by atoms with Crippen LogP contribution in [0.2, 0.25) is 0 Å². The molecule has 3 nitrogen and oxygen atoms in total. The molecule has 0 amide bonds. The molecule has 0 radical (unpaired) electrons. The summed E-state index contributed by atoms with van der Waals surface area (Å²) in [5, 5.41) is 0. The van der Waals surface area contributed by atoms with Crippen LogP contribution in [0.4, 0.5) is 5.69 Å². The summed E-state index contributed by atoms with van der Waals surface area (Å²) >= 11 is 5.52. The van der Waals surface area contributed by atoms with Gasteiger partial charge in [0, 0.05) is 5.69 Å². The third-order valence-corrected chi connectivity index (χ3v) is 4.12. The van der Waals surface area contributed by atoms with E-state index in [4.69, 9.17) is 17.3 Å². The zero-order valence-electron chi connectivity index (χ0n) is 7.07. The molecule has 0 aliphatic rings. The predicted molar refractivity (Wildman–Crippen MR) is 53.4 cm³/mol. The number of sulfone groups is 1. The van der Waals surface area contributed by atoms with Gasteiger partial charge in [0.05, 0.1) is 4.90 Å². The molecular weight excluding hydrogens is 210 g/mol. The molecule has 0 aliphatic carbocycles. The van der Waals surface area contributed by atoms with Crippen LogP contribution >= 0.6 is 11.6 Å². The SMILES string of the molecule is CC(Cl)S(=O)(=O)c1ccc(N)cc1. The Kier molecular flexibility index (Phi) is 2.83. The molecule has 1 aromatic carbocycles. The molecule has 0 bridgehead atoms. The minimum atomic E-state index is -3.38. The van der Waals surface area contributed by atoms with E-state index >= 15 is 0 Å². The number of hydrogen-bond donors (Lipinski definition) is 1. The lowest BCUT2D eigenvalue weighted by atomic mass is 10.3. The molecule has 0 spiro atoms. The normalized spacial score (nSPS) is 14.0. The molecule has 13 heavy (non-hydrogen) atoms. The average molecular weight is 220 g/mol. The maximum atomic E-state index is 11.5. The van der Waals surface area contributed by atoms with Gasteiger partial charge in [-0.1, -0.05) is 0 Å². The second-order valence-electron chi connectivity index (χ2n) is 2.66. The molecule has 2 N–H and O–H groups in total. The molecular formula is C8H10ClNO2S. The molecule has 72 valence electrons. The van der Waals surface area contributed by atoms with Gasteiger partial charge in [0.2, 0.25) is 0 Å². The molecule has 1 aromatic rings. The van der Waals surface area contributed by atoms with Crippen LogP contribution in [0, 0.1) is 0 Å². The van der Waals surface area contributed by atoms with Gasteiger partial charge < -0.3 is 5.73 Å². The van der Waals surface area contributed by atoms with Crippen molar-refractivity contribution in [3.8, 4) is 0 Å². The summed E-state index contributed by atoms with van der Waals surface area (Å²) in [7, 11) is -3.38. The number of nitrogens with two attached hydrogens (primary N) is 1. The molecule has 5 heteroatoms. The summed E-state index contributed by atoms with van der Waals surface area (Å²) in [6.45, 7) is 1.42. The minimum absolute atomic E-state index is 0.198. The maximum absolute atomic E-state index is 11.5. The molecule has 0 aromatic heterocycles. The van der Waals surface area contributed by atoms with E-state index in [1.807, 2.05) is 0 Å².